The maximum atomic E-state index is 12.7. The third-order valence-corrected chi connectivity index (χ3v) is 5.30. The third kappa shape index (κ3) is 3.65. The zero-order valence-electron chi connectivity index (χ0n) is 15.3. The highest BCUT2D eigenvalue weighted by Crippen LogP contribution is 2.31. The summed E-state index contributed by atoms with van der Waals surface area (Å²) in [7, 11) is 3.53. The van der Waals surface area contributed by atoms with Gasteiger partial charge in [0.15, 0.2) is 16.8 Å². The molecule has 0 spiro atoms. The molecule has 0 aliphatic carbocycles. The number of hydrogen-bond donors (Lipinski definition) is 0. The first-order valence-electron chi connectivity index (χ1n) is 8.31. The van der Waals surface area contributed by atoms with Gasteiger partial charge in [-0.25, -0.2) is 0 Å². The van der Waals surface area contributed by atoms with Gasteiger partial charge in [-0.3, -0.25) is 4.79 Å². The zero-order valence-corrected chi connectivity index (χ0v) is 16.1. The summed E-state index contributed by atoms with van der Waals surface area (Å²) in [6, 6.07) is 15.3. The molecule has 0 fully saturated rings. The zero-order chi connectivity index (χ0) is 18.7. The summed E-state index contributed by atoms with van der Waals surface area (Å²) in [5.74, 6) is 1.53. The highest BCUT2D eigenvalue weighted by Gasteiger charge is 2.21. The summed E-state index contributed by atoms with van der Waals surface area (Å²) in [4.78, 5) is 12.7. The molecule has 1 aromatic heterocycles. The summed E-state index contributed by atoms with van der Waals surface area (Å²) in [5.41, 5.74) is 2.72. The number of carbonyl (C=O) groups is 1. The summed E-state index contributed by atoms with van der Waals surface area (Å²) in [6.07, 6.45) is 0. The number of rotatable bonds is 6. The number of para-hydroxylation sites is 1. The second-order valence-electron chi connectivity index (χ2n) is 6.06. The summed E-state index contributed by atoms with van der Waals surface area (Å²) >= 11 is 1.41. The molecule has 3 aromatic rings. The van der Waals surface area contributed by atoms with E-state index in [4.69, 9.17) is 4.74 Å². The van der Waals surface area contributed by atoms with Crippen molar-refractivity contribution in [1.29, 1.82) is 0 Å². The maximum Gasteiger partial charge on any atom is 0.191 e. The van der Waals surface area contributed by atoms with Crippen LogP contribution in [0.15, 0.2) is 53.7 Å². The molecule has 3 rings (SSSR count). The number of nitrogens with zero attached hydrogens (tertiary/aromatic N) is 3. The van der Waals surface area contributed by atoms with Crippen molar-refractivity contribution in [3.05, 3.63) is 59.7 Å². The first-order chi connectivity index (χ1) is 12.5. The fourth-order valence-electron chi connectivity index (χ4n) is 2.65. The van der Waals surface area contributed by atoms with Gasteiger partial charge >= 0.3 is 0 Å². The topological polar surface area (TPSA) is 57.0 Å². The number of benzene rings is 2. The van der Waals surface area contributed by atoms with Crippen LogP contribution in [0, 0.1) is 6.92 Å². The van der Waals surface area contributed by atoms with E-state index < -0.39 is 0 Å². The number of ketones is 1. The molecule has 0 amide bonds. The van der Waals surface area contributed by atoms with Crippen molar-refractivity contribution in [2.75, 3.05) is 7.11 Å². The van der Waals surface area contributed by atoms with Crippen molar-refractivity contribution in [3.63, 3.8) is 0 Å². The van der Waals surface area contributed by atoms with E-state index in [2.05, 4.69) is 10.2 Å². The fraction of sp³-hybridized carbons (Fsp3) is 0.250. The van der Waals surface area contributed by atoms with E-state index in [9.17, 15) is 4.79 Å². The van der Waals surface area contributed by atoms with Crippen LogP contribution in [0.2, 0.25) is 0 Å². The van der Waals surface area contributed by atoms with Crippen LogP contribution < -0.4 is 4.74 Å². The Morgan fingerprint density at radius 3 is 2.50 bits per heavy atom. The van der Waals surface area contributed by atoms with Crippen molar-refractivity contribution in [2.45, 2.75) is 24.3 Å². The van der Waals surface area contributed by atoms with E-state index >= 15 is 0 Å². The number of Topliss-reactive ketones (excluding diaryl/α,β-unsaturated/α-hetero) is 1. The highest BCUT2D eigenvalue weighted by molar-refractivity contribution is 8.00. The minimum atomic E-state index is -0.258. The van der Waals surface area contributed by atoms with Gasteiger partial charge in [0.2, 0.25) is 0 Å². The minimum Gasteiger partial charge on any atom is -0.496 e. The number of aromatic nitrogens is 3. The van der Waals surface area contributed by atoms with E-state index in [0.717, 1.165) is 16.9 Å². The molecule has 0 aliphatic rings. The normalized spacial score (nSPS) is 12.0. The number of ether oxygens (including phenoxy) is 1. The van der Waals surface area contributed by atoms with Gasteiger partial charge in [0, 0.05) is 12.6 Å². The molecule has 1 heterocycles. The lowest BCUT2D eigenvalue weighted by molar-refractivity contribution is 0.0994. The van der Waals surface area contributed by atoms with Crippen LogP contribution in [0.1, 0.15) is 22.8 Å². The number of methoxy groups -OCH3 is 1. The standard InChI is InChI=1S/C20H21N3O2S/c1-13-9-11-15(12-10-13)18(24)14(2)26-20-22-21-19(23(20)3)16-7-5-6-8-17(16)25-4/h5-12,14H,1-4H3. The number of aryl methyl sites for hydroxylation is 1. The largest absolute Gasteiger partial charge is 0.496 e. The lowest BCUT2D eigenvalue weighted by Crippen LogP contribution is -2.14. The Balaban J connectivity index is 1.82. The van der Waals surface area contributed by atoms with Crippen molar-refractivity contribution < 1.29 is 9.53 Å². The van der Waals surface area contributed by atoms with E-state index in [1.807, 2.05) is 74.0 Å². The second kappa shape index (κ2) is 7.74. The van der Waals surface area contributed by atoms with Gasteiger partial charge in [-0.15, -0.1) is 10.2 Å². The van der Waals surface area contributed by atoms with Crippen LogP contribution in [-0.4, -0.2) is 32.9 Å². The van der Waals surface area contributed by atoms with Gasteiger partial charge in [0.25, 0.3) is 0 Å². The number of thioether (sulfide) groups is 1. The molecule has 0 saturated carbocycles. The molecule has 0 radical (unpaired) electrons. The summed E-state index contributed by atoms with van der Waals surface area (Å²) in [6.45, 7) is 3.90. The molecule has 134 valence electrons. The van der Waals surface area contributed by atoms with Crippen LogP contribution in [0.4, 0.5) is 0 Å². The third-order valence-electron chi connectivity index (χ3n) is 4.17. The molecule has 2 aromatic carbocycles. The van der Waals surface area contributed by atoms with Gasteiger partial charge in [-0.05, 0) is 26.0 Å². The lowest BCUT2D eigenvalue weighted by atomic mass is 10.1. The number of carbonyl (C=O) groups excluding carboxylic acids is 1. The molecule has 0 bridgehead atoms. The first kappa shape index (κ1) is 18.2. The molecular formula is C20H21N3O2S. The van der Waals surface area contributed by atoms with Crippen molar-refractivity contribution in [2.24, 2.45) is 7.05 Å². The molecule has 0 N–H and O–H groups in total. The average molecular weight is 367 g/mol. The van der Waals surface area contributed by atoms with Gasteiger partial charge in [-0.1, -0.05) is 53.7 Å². The molecule has 0 aliphatic heterocycles. The average Bonchev–Trinajstić information content (AvgIpc) is 3.02. The second-order valence-corrected chi connectivity index (χ2v) is 7.36. The summed E-state index contributed by atoms with van der Waals surface area (Å²) < 4.78 is 7.30. The molecule has 26 heavy (non-hydrogen) atoms. The monoisotopic (exact) mass is 367 g/mol. The van der Waals surface area contributed by atoms with Crippen LogP contribution in [0.3, 0.4) is 0 Å². The molecule has 1 unspecified atom stereocenters. The number of hydrogen-bond acceptors (Lipinski definition) is 5. The quantitative estimate of drug-likeness (QED) is 0.484. The van der Waals surface area contributed by atoms with Gasteiger partial charge in [-0.2, -0.15) is 0 Å². The first-order valence-corrected chi connectivity index (χ1v) is 9.19. The Morgan fingerprint density at radius 1 is 1.12 bits per heavy atom. The van der Waals surface area contributed by atoms with E-state index in [1.165, 1.54) is 11.8 Å². The van der Waals surface area contributed by atoms with Gasteiger partial charge < -0.3 is 9.30 Å². The smallest absolute Gasteiger partial charge is 0.191 e. The fourth-order valence-corrected chi connectivity index (χ4v) is 3.54. The Hall–Kier alpha value is -2.60. The molecule has 5 nitrogen and oxygen atoms in total. The van der Waals surface area contributed by atoms with Crippen molar-refractivity contribution in [1.82, 2.24) is 14.8 Å². The van der Waals surface area contributed by atoms with E-state index in [-0.39, 0.29) is 11.0 Å². The molecule has 6 heteroatoms. The van der Waals surface area contributed by atoms with Crippen LogP contribution in [0.25, 0.3) is 11.4 Å². The Kier molecular flexibility index (Phi) is 5.42. The van der Waals surface area contributed by atoms with Crippen molar-refractivity contribution in [3.8, 4) is 17.1 Å². The van der Waals surface area contributed by atoms with E-state index in [1.54, 1.807) is 7.11 Å². The Labute approximate surface area is 157 Å². The van der Waals surface area contributed by atoms with Crippen molar-refractivity contribution >= 4 is 17.5 Å². The minimum absolute atomic E-state index is 0.0804. The molecule has 0 saturated heterocycles. The van der Waals surface area contributed by atoms with Gasteiger partial charge in [0.1, 0.15) is 5.75 Å². The van der Waals surface area contributed by atoms with Crippen LogP contribution >= 0.6 is 11.8 Å². The predicted octanol–water partition coefficient (Wildman–Crippen LogP) is 4.16. The highest BCUT2D eigenvalue weighted by atomic mass is 32.2. The van der Waals surface area contributed by atoms with E-state index in [0.29, 0.717) is 16.5 Å². The maximum absolute atomic E-state index is 12.7. The van der Waals surface area contributed by atoms with Gasteiger partial charge in [0.05, 0.1) is 17.9 Å². The van der Waals surface area contributed by atoms with Crippen LogP contribution in [0.5, 0.6) is 5.75 Å². The molecule has 1 atom stereocenters. The lowest BCUT2D eigenvalue weighted by Gasteiger charge is -2.11. The Morgan fingerprint density at radius 2 is 1.81 bits per heavy atom. The summed E-state index contributed by atoms with van der Waals surface area (Å²) in [5, 5.41) is 8.99. The molecular weight excluding hydrogens is 346 g/mol. The van der Waals surface area contributed by atoms with Crippen LogP contribution in [-0.2, 0) is 7.05 Å². The Bertz CT molecular complexity index is 919. The predicted molar refractivity (Wildman–Crippen MR) is 104 cm³/mol. The SMILES string of the molecule is COc1ccccc1-c1nnc(SC(C)C(=O)c2ccc(C)cc2)n1C.